The monoisotopic (exact) mass is 304 g/mol. The highest BCUT2D eigenvalue weighted by Gasteiger charge is 2.10. The van der Waals surface area contributed by atoms with E-state index in [4.69, 9.17) is 0 Å². The van der Waals surface area contributed by atoms with Crippen molar-refractivity contribution < 1.29 is 0 Å². The summed E-state index contributed by atoms with van der Waals surface area (Å²) in [6.07, 6.45) is 7.71. The molecule has 0 aliphatic carbocycles. The zero-order chi connectivity index (χ0) is 15.8. The summed E-state index contributed by atoms with van der Waals surface area (Å²) in [5.74, 6) is 0. The van der Waals surface area contributed by atoms with E-state index in [1.54, 1.807) is 12.3 Å². The van der Waals surface area contributed by atoms with E-state index in [1.807, 2.05) is 37.4 Å². The van der Waals surface area contributed by atoms with E-state index < -0.39 is 0 Å². The lowest BCUT2D eigenvalue weighted by molar-refractivity contribution is 0.973. The average molecular weight is 304 g/mol. The summed E-state index contributed by atoms with van der Waals surface area (Å²) in [5, 5.41) is 4.18. The molecule has 5 nitrogen and oxygen atoms in total. The molecule has 5 heteroatoms. The fourth-order valence-electron chi connectivity index (χ4n) is 2.90. The summed E-state index contributed by atoms with van der Waals surface area (Å²) >= 11 is 0. The van der Waals surface area contributed by atoms with E-state index in [2.05, 4.69) is 26.3 Å². The minimum Gasteiger partial charge on any atom is -0.387 e. The molecular formula is C18H16N4O. The third-order valence-corrected chi connectivity index (χ3v) is 3.92. The summed E-state index contributed by atoms with van der Waals surface area (Å²) in [6.45, 7) is 2.80. The van der Waals surface area contributed by atoms with Gasteiger partial charge in [-0.25, -0.2) is 4.98 Å². The molecule has 0 radical (unpaired) electrons. The first-order valence-corrected chi connectivity index (χ1v) is 7.50. The number of nitrogens with zero attached hydrogens (tertiary/aromatic N) is 1. The van der Waals surface area contributed by atoms with Crippen LogP contribution in [0, 0.1) is 6.92 Å². The van der Waals surface area contributed by atoms with Crippen molar-refractivity contribution in [2.24, 2.45) is 0 Å². The third-order valence-electron chi connectivity index (χ3n) is 3.92. The summed E-state index contributed by atoms with van der Waals surface area (Å²) < 4.78 is 0. The zero-order valence-corrected chi connectivity index (χ0v) is 12.7. The quantitative estimate of drug-likeness (QED) is 0.681. The topological polar surface area (TPSA) is 73.6 Å². The summed E-state index contributed by atoms with van der Waals surface area (Å²) in [7, 11) is 0. The van der Waals surface area contributed by atoms with Crippen molar-refractivity contribution in [3.05, 3.63) is 70.6 Å². The van der Waals surface area contributed by atoms with E-state index in [9.17, 15) is 4.79 Å². The predicted octanol–water partition coefficient (Wildman–Crippen LogP) is 2.73. The largest absolute Gasteiger partial charge is 0.387 e. The van der Waals surface area contributed by atoms with Crippen molar-refractivity contribution in [2.45, 2.75) is 6.92 Å². The van der Waals surface area contributed by atoms with E-state index in [0.717, 1.165) is 45.7 Å². The highest BCUT2D eigenvalue weighted by atomic mass is 16.1. The second-order valence-electron chi connectivity index (χ2n) is 5.63. The smallest absolute Gasteiger partial charge is 0.249 e. The summed E-state index contributed by atoms with van der Waals surface area (Å²) in [5.41, 5.74) is 5.41. The van der Waals surface area contributed by atoms with Crippen LogP contribution in [0.3, 0.4) is 0 Å². The van der Waals surface area contributed by atoms with Gasteiger partial charge in [0.25, 0.3) is 0 Å². The third kappa shape index (κ3) is 2.46. The van der Waals surface area contributed by atoms with Crippen molar-refractivity contribution in [2.75, 3.05) is 6.54 Å². The molecule has 3 aromatic rings. The van der Waals surface area contributed by atoms with Crippen molar-refractivity contribution >= 4 is 16.6 Å². The molecule has 0 aromatic carbocycles. The number of allylic oxidation sites excluding steroid dienone is 2. The number of hydrogen-bond donors (Lipinski definition) is 3. The molecule has 3 N–H and O–H groups in total. The van der Waals surface area contributed by atoms with Gasteiger partial charge < -0.3 is 15.3 Å². The van der Waals surface area contributed by atoms with Gasteiger partial charge in [-0.05, 0) is 36.2 Å². The lowest BCUT2D eigenvalue weighted by Crippen LogP contribution is -2.12. The fraction of sp³-hybridized carbons (Fsp3) is 0.111. The molecule has 4 heterocycles. The number of aromatic amines is 2. The molecule has 0 unspecified atom stereocenters. The molecule has 0 fully saturated rings. The van der Waals surface area contributed by atoms with Crippen LogP contribution < -0.4 is 10.9 Å². The van der Waals surface area contributed by atoms with E-state index in [1.165, 1.54) is 0 Å². The van der Waals surface area contributed by atoms with Gasteiger partial charge in [0.1, 0.15) is 5.65 Å². The number of rotatable bonds is 2. The number of nitrogens with one attached hydrogen (secondary N) is 3. The Balaban J connectivity index is 1.91. The maximum absolute atomic E-state index is 12.1. The maximum atomic E-state index is 12.1. The van der Waals surface area contributed by atoms with Gasteiger partial charge in [-0.1, -0.05) is 12.2 Å². The van der Waals surface area contributed by atoms with Crippen LogP contribution in [0.25, 0.3) is 27.7 Å². The van der Waals surface area contributed by atoms with Crippen LogP contribution in [0.4, 0.5) is 0 Å². The highest BCUT2D eigenvalue weighted by molar-refractivity contribution is 5.94. The van der Waals surface area contributed by atoms with Crippen LogP contribution in [-0.4, -0.2) is 21.5 Å². The van der Waals surface area contributed by atoms with Gasteiger partial charge in [0.15, 0.2) is 0 Å². The molecule has 1 aliphatic rings. The number of pyridine rings is 2. The average Bonchev–Trinajstić information content (AvgIpc) is 2.95. The number of aryl methyl sites for hydroxylation is 1. The first kappa shape index (κ1) is 13.6. The van der Waals surface area contributed by atoms with Crippen LogP contribution in [0.5, 0.6) is 0 Å². The normalized spacial score (nSPS) is 13.9. The van der Waals surface area contributed by atoms with E-state index in [-0.39, 0.29) is 5.56 Å². The van der Waals surface area contributed by atoms with Crippen LogP contribution in [-0.2, 0) is 0 Å². The number of fused-ring (bicyclic) bond motifs is 1. The van der Waals surface area contributed by atoms with E-state index in [0.29, 0.717) is 0 Å². The molecule has 114 valence electrons. The van der Waals surface area contributed by atoms with Gasteiger partial charge >= 0.3 is 0 Å². The minimum absolute atomic E-state index is 0.116. The standard InChI is InChI=1S/C18H16N4O/c1-11-7-15-14(4-6-20-18(15)21-11)13-8-16(22-17(23)9-13)12-3-2-5-19-10-12/h2-4,6-10,19H,5H2,1H3,(H,20,21)(H,22,23). The van der Waals surface area contributed by atoms with Gasteiger partial charge in [0.2, 0.25) is 5.56 Å². The first-order valence-electron chi connectivity index (χ1n) is 7.50. The molecule has 0 amide bonds. The van der Waals surface area contributed by atoms with Crippen molar-refractivity contribution in [3.8, 4) is 11.1 Å². The summed E-state index contributed by atoms with van der Waals surface area (Å²) in [6, 6.07) is 7.63. The molecule has 0 spiro atoms. The van der Waals surface area contributed by atoms with Gasteiger partial charge in [-0.3, -0.25) is 4.79 Å². The van der Waals surface area contributed by atoms with Gasteiger partial charge in [-0.15, -0.1) is 0 Å². The highest BCUT2D eigenvalue weighted by Crippen LogP contribution is 2.28. The minimum atomic E-state index is -0.116. The van der Waals surface area contributed by atoms with Crippen LogP contribution in [0.1, 0.15) is 11.4 Å². The van der Waals surface area contributed by atoms with Gasteiger partial charge in [0, 0.05) is 41.7 Å². The van der Waals surface area contributed by atoms with Crippen molar-refractivity contribution in [1.82, 2.24) is 20.3 Å². The molecule has 0 saturated carbocycles. The lowest BCUT2D eigenvalue weighted by atomic mass is 10.0. The lowest BCUT2D eigenvalue weighted by Gasteiger charge is -2.10. The van der Waals surface area contributed by atoms with Crippen LogP contribution >= 0.6 is 0 Å². The Morgan fingerprint density at radius 1 is 1.17 bits per heavy atom. The molecule has 23 heavy (non-hydrogen) atoms. The summed E-state index contributed by atoms with van der Waals surface area (Å²) in [4.78, 5) is 22.6. The zero-order valence-electron chi connectivity index (χ0n) is 12.7. The van der Waals surface area contributed by atoms with Gasteiger partial charge in [-0.2, -0.15) is 0 Å². The molecule has 4 rings (SSSR count). The molecule has 0 saturated heterocycles. The Morgan fingerprint density at radius 3 is 2.91 bits per heavy atom. The molecule has 1 aliphatic heterocycles. The Kier molecular flexibility index (Phi) is 3.12. The Bertz CT molecular complexity index is 1010. The van der Waals surface area contributed by atoms with Gasteiger partial charge in [0.05, 0.1) is 5.69 Å². The van der Waals surface area contributed by atoms with E-state index >= 15 is 0 Å². The Labute approximate surface area is 132 Å². The second kappa shape index (κ2) is 5.28. The van der Waals surface area contributed by atoms with Crippen molar-refractivity contribution in [3.63, 3.8) is 0 Å². The number of H-pyrrole nitrogens is 2. The number of aromatic nitrogens is 3. The Hall–Kier alpha value is -3.08. The Morgan fingerprint density at radius 2 is 2.09 bits per heavy atom. The predicted molar refractivity (Wildman–Crippen MR) is 92.0 cm³/mol. The fourth-order valence-corrected chi connectivity index (χ4v) is 2.90. The van der Waals surface area contributed by atoms with Crippen LogP contribution in [0.2, 0.25) is 0 Å². The van der Waals surface area contributed by atoms with Crippen LogP contribution in [0.15, 0.2) is 53.6 Å². The maximum Gasteiger partial charge on any atom is 0.249 e. The SMILES string of the molecule is Cc1cc2c(-c3cc(C4=CNCC=C4)[nH]c(=O)c3)ccnc2[nH]1. The number of dihydropyridines is 1. The second-order valence-corrected chi connectivity index (χ2v) is 5.63. The first-order chi connectivity index (χ1) is 11.2. The molecule has 0 atom stereocenters. The molecule has 3 aromatic heterocycles. The molecule has 0 bridgehead atoms. The van der Waals surface area contributed by atoms with Crippen molar-refractivity contribution in [1.29, 1.82) is 0 Å². The molecular weight excluding hydrogens is 288 g/mol. The number of hydrogen-bond acceptors (Lipinski definition) is 3.